The maximum Gasteiger partial charge on any atom is 0.427 e. The maximum atomic E-state index is 11.9. The second-order valence-corrected chi connectivity index (χ2v) is 3.33. The molecule has 0 saturated heterocycles. The topological polar surface area (TPSA) is 90.5 Å². The van der Waals surface area contributed by atoms with Gasteiger partial charge in [-0.2, -0.15) is 9.83 Å². The number of benzene rings is 1. The first-order valence-electron chi connectivity index (χ1n) is 5.06. The van der Waals surface area contributed by atoms with Crippen LogP contribution in [0.5, 0.6) is 0 Å². The molecule has 1 aromatic heterocycles. The highest BCUT2D eigenvalue weighted by Gasteiger charge is 2.08. The van der Waals surface area contributed by atoms with Crippen LogP contribution in [0, 0.1) is 5.21 Å². The number of nitrogens with one attached hydrogen (secondary N) is 1. The molecule has 2 rings (SSSR count). The lowest BCUT2D eigenvalue weighted by Gasteiger charge is -2.03. The molecular formula is C11H10N4O3. The van der Waals surface area contributed by atoms with E-state index in [-0.39, 0.29) is 5.69 Å². The molecule has 1 heterocycles. The van der Waals surface area contributed by atoms with Gasteiger partial charge in [0.05, 0.1) is 7.11 Å². The lowest BCUT2D eigenvalue weighted by Crippen LogP contribution is -2.33. The number of hydrogen-bond acceptors (Lipinski definition) is 5. The van der Waals surface area contributed by atoms with E-state index in [1.54, 1.807) is 24.3 Å². The number of para-hydroxylation sites is 2. The van der Waals surface area contributed by atoms with Crippen molar-refractivity contribution in [1.82, 2.24) is 10.4 Å². The fourth-order valence-electron chi connectivity index (χ4n) is 1.35. The Bertz CT molecular complexity index is 612. The van der Waals surface area contributed by atoms with Crippen LogP contribution in [-0.2, 0) is 4.74 Å². The van der Waals surface area contributed by atoms with Gasteiger partial charge >= 0.3 is 6.09 Å². The summed E-state index contributed by atoms with van der Waals surface area (Å²) in [5, 5.41) is 15.5. The average Bonchev–Trinajstić information content (AvgIpc) is 2.41. The van der Waals surface area contributed by atoms with Crippen molar-refractivity contribution >= 4 is 23.3 Å². The summed E-state index contributed by atoms with van der Waals surface area (Å²) in [6.45, 7) is 0. The van der Waals surface area contributed by atoms with Gasteiger partial charge in [0.15, 0.2) is 0 Å². The zero-order valence-corrected chi connectivity index (χ0v) is 9.53. The Morgan fingerprint density at radius 2 is 2.33 bits per heavy atom. The van der Waals surface area contributed by atoms with Gasteiger partial charge in [0.2, 0.25) is 5.52 Å². The molecule has 2 aromatic rings. The van der Waals surface area contributed by atoms with E-state index in [0.29, 0.717) is 15.8 Å². The fourth-order valence-corrected chi connectivity index (χ4v) is 1.35. The Morgan fingerprint density at radius 3 is 3.11 bits per heavy atom. The predicted octanol–water partition coefficient (Wildman–Crippen LogP) is 0.558. The van der Waals surface area contributed by atoms with Crippen molar-refractivity contribution in [2.24, 2.45) is 5.10 Å². The van der Waals surface area contributed by atoms with Gasteiger partial charge in [-0.05, 0) is 6.07 Å². The monoisotopic (exact) mass is 246 g/mol. The van der Waals surface area contributed by atoms with Crippen molar-refractivity contribution < 1.29 is 14.3 Å². The molecule has 92 valence electrons. The molecule has 1 N–H and O–H groups in total. The maximum absolute atomic E-state index is 11.9. The molecule has 1 aromatic carbocycles. The minimum Gasteiger partial charge on any atom is -0.618 e. The summed E-state index contributed by atoms with van der Waals surface area (Å²) in [6.07, 6.45) is 1.86. The van der Waals surface area contributed by atoms with Gasteiger partial charge in [0, 0.05) is 6.07 Å². The summed E-state index contributed by atoms with van der Waals surface area (Å²) in [7, 11) is 1.22. The van der Waals surface area contributed by atoms with Crippen molar-refractivity contribution in [3.8, 4) is 0 Å². The number of methoxy groups -OCH3 is 1. The SMILES string of the molecule is COC(=O)N/N=C/c1cnc2ccccc2[n+]1[O-]. The number of amides is 1. The largest absolute Gasteiger partial charge is 0.618 e. The number of carbonyl (C=O) groups excluding carboxylic acids is 1. The molecule has 7 heteroatoms. The Kier molecular flexibility index (Phi) is 3.33. The molecule has 0 radical (unpaired) electrons. The number of ether oxygens (including phenoxy) is 1. The third-order valence-electron chi connectivity index (χ3n) is 2.21. The van der Waals surface area contributed by atoms with Crippen LogP contribution in [0.2, 0.25) is 0 Å². The Morgan fingerprint density at radius 1 is 1.56 bits per heavy atom. The molecule has 7 nitrogen and oxygen atoms in total. The Hall–Kier alpha value is -2.70. The van der Waals surface area contributed by atoms with E-state index in [4.69, 9.17) is 0 Å². The minimum absolute atomic E-state index is 0.213. The number of nitrogens with zero attached hydrogens (tertiary/aromatic N) is 3. The quantitative estimate of drug-likeness (QED) is 0.363. The van der Waals surface area contributed by atoms with E-state index in [9.17, 15) is 10.0 Å². The van der Waals surface area contributed by atoms with Gasteiger partial charge in [-0.1, -0.05) is 12.1 Å². The van der Waals surface area contributed by atoms with Crippen molar-refractivity contribution in [2.75, 3.05) is 7.11 Å². The summed E-state index contributed by atoms with van der Waals surface area (Å²) in [4.78, 5) is 14.9. The summed E-state index contributed by atoms with van der Waals surface area (Å²) in [6, 6.07) is 6.92. The average molecular weight is 246 g/mol. The van der Waals surface area contributed by atoms with Gasteiger partial charge in [-0.3, -0.25) is 0 Å². The van der Waals surface area contributed by atoms with E-state index in [1.807, 2.05) is 0 Å². The van der Waals surface area contributed by atoms with Crippen molar-refractivity contribution in [3.05, 3.63) is 41.4 Å². The smallest absolute Gasteiger partial charge is 0.427 e. The molecule has 0 unspecified atom stereocenters. The number of hydrogen-bond donors (Lipinski definition) is 1. The number of rotatable bonds is 2. The Labute approximate surface area is 102 Å². The predicted molar refractivity (Wildman–Crippen MR) is 63.8 cm³/mol. The zero-order chi connectivity index (χ0) is 13.0. The zero-order valence-electron chi connectivity index (χ0n) is 9.53. The van der Waals surface area contributed by atoms with Gasteiger partial charge in [-0.25, -0.2) is 15.2 Å². The van der Waals surface area contributed by atoms with Crippen LogP contribution in [0.25, 0.3) is 11.0 Å². The number of aromatic nitrogens is 2. The highest BCUT2D eigenvalue weighted by molar-refractivity contribution is 5.79. The van der Waals surface area contributed by atoms with Crippen molar-refractivity contribution in [3.63, 3.8) is 0 Å². The lowest BCUT2D eigenvalue weighted by molar-refractivity contribution is -0.578. The van der Waals surface area contributed by atoms with Crippen LogP contribution in [0.15, 0.2) is 35.6 Å². The molecule has 0 saturated carbocycles. The fraction of sp³-hybridized carbons (Fsp3) is 0.0909. The van der Waals surface area contributed by atoms with Gasteiger partial charge in [-0.15, -0.1) is 0 Å². The van der Waals surface area contributed by atoms with Gasteiger partial charge in [0.25, 0.3) is 5.69 Å². The highest BCUT2D eigenvalue weighted by atomic mass is 16.5. The molecule has 0 fully saturated rings. The van der Waals surface area contributed by atoms with Crippen LogP contribution < -0.4 is 10.2 Å². The number of carbonyl (C=O) groups is 1. The first-order chi connectivity index (χ1) is 8.72. The third-order valence-corrected chi connectivity index (χ3v) is 2.21. The number of hydrazone groups is 1. The molecule has 0 atom stereocenters. The molecule has 0 aliphatic rings. The van der Waals surface area contributed by atoms with Crippen molar-refractivity contribution in [1.29, 1.82) is 0 Å². The first-order valence-corrected chi connectivity index (χ1v) is 5.06. The first kappa shape index (κ1) is 11.8. The van der Waals surface area contributed by atoms with Crippen LogP contribution in [0.1, 0.15) is 5.69 Å². The lowest BCUT2D eigenvalue weighted by atomic mass is 10.3. The molecule has 1 amide bonds. The van der Waals surface area contributed by atoms with E-state index >= 15 is 0 Å². The van der Waals surface area contributed by atoms with E-state index in [0.717, 1.165) is 0 Å². The molecule has 0 aliphatic carbocycles. The highest BCUT2D eigenvalue weighted by Crippen LogP contribution is 2.05. The minimum atomic E-state index is -0.711. The van der Waals surface area contributed by atoms with Gasteiger partial charge < -0.3 is 9.94 Å². The summed E-state index contributed by atoms with van der Waals surface area (Å²) < 4.78 is 5.01. The Balaban J connectivity index is 2.29. The number of fused-ring (bicyclic) bond motifs is 1. The summed E-state index contributed by atoms with van der Waals surface area (Å²) >= 11 is 0. The molecule has 0 aliphatic heterocycles. The van der Waals surface area contributed by atoms with E-state index < -0.39 is 6.09 Å². The van der Waals surface area contributed by atoms with Crippen LogP contribution in [0.4, 0.5) is 4.79 Å². The van der Waals surface area contributed by atoms with Gasteiger partial charge in [0.1, 0.15) is 17.9 Å². The van der Waals surface area contributed by atoms with Crippen LogP contribution in [-0.4, -0.2) is 24.4 Å². The molecule has 18 heavy (non-hydrogen) atoms. The summed E-state index contributed by atoms with van der Waals surface area (Å²) in [5.74, 6) is 0. The molecule has 0 bridgehead atoms. The van der Waals surface area contributed by atoms with Crippen molar-refractivity contribution in [2.45, 2.75) is 0 Å². The van der Waals surface area contributed by atoms with E-state index in [1.165, 1.54) is 19.5 Å². The van der Waals surface area contributed by atoms with Crippen LogP contribution in [0.3, 0.4) is 0 Å². The molecule has 0 spiro atoms. The standard InChI is InChI=1S/C11H10N4O3/c1-18-11(16)14-13-7-8-6-12-9-4-2-3-5-10(9)15(8)17/h2-7H,1H3,(H,14,16)/b13-7+. The second-order valence-electron chi connectivity index (χ2n) is 3.33. The summed E-state index contributed by atoms with van der Waals surface area (Å²) in [5.41, 5.74) is 3.32. The third kappa shape index (κ3) is 2.34. The second kappa shape index (κ2) is 5.09. The molecular weight excluding hydrogens is 236 g/mol. The normalized spacial score (nSPS) is 10.7. The van der Waals surface area contributed by atoms with E-state index in [2.05, 4.69) is 20.2 Å². The van der Waals surface area contributed by atoms with Crippen LogP contribution >= 0.6 is 0 Å².